The molecule has 0 aliphatic carbocycles. The smallest absolute Gasteiger partial charge is 0.324 e. The molecule has 4 aromatic rings. The van der Waals surface area contributed by atoms with Gasteiger partial charge in [-0.3, -0.25) is 24.4 Å². The first-order valence-electron chi connectivity index (χ1n) is 19.7. The van der Waals surface area contributed by atoms with Gasteiger partial charge >= 0.3 is 12.0 Å². The summed E-state index contributed by atoms with van der Waals surface area (Å²) in [5.74, 6) is -1.56. The second kappa shape index (κ2) is 17.3. The molecule has 3 N–H and O–H groups in total. The number of methoxy groups -OCH3 is 1. The number of amides is 4. The van der Waals surface area contributed by atoms with Gasteiger partial charge in [-0.2, -0.15) is 0 Å². The second-order valence-corrected chi connectivity index (χ2v) is 17.1. The Hall–Kier alpha value is -4.86. The number of ether oxygens (including phenoxy) is 2. The molecule has 3 aromatic heterocycles. The highest BCUT2D eigenvalue weighted by Crippen LogP contribution is 2.42. The minimum atomic E-state index is -1.03. The van der Waals surface area contributed by atoms with Crippen LogP contribution >= 0.6 is 11.3 Å². The molecule has 2 aliphatic rings. The number of hydrazine groups is 1. The number of aryl methyl sites for hydroxylation is 1. The summed E-state index contributed by atoms with van der Waals surface area (Å²) < 4.78 is 14.2. The minimum Gasteiger partial charge on any atom is -0.464 e. The van der Waals surface area contributed by atoms with E-state index in [2.05, 4.69) is 65.7 Å². The summed E-state index contributed by atoms with van der Waals surface area (Å²) in [5, 5.41) is 10.6. The number of thiazole rings is 1. The summed E-state index contributed by atoms with van der Waals surface area (Å²) in [6.07, 6.45) is 3.30. The second-order valence-electron chi connectivity index (χ2n) is 16.1. The Kier molecular flexibility index (Phi) is 12.7. The van der Waals surface area contributed by atoms with E-state index in [-0.39, 0.29) is 25.0 Å². The predicted molar refractivity (Wildman–Crippen MR) is 220 cm³/mol. The van der Waals surface area contributed by atoms with Gasteiger partial charge in [-0.05, 0) is 68.9 Å². The number of pyridine rings is 1. The highest BCUT2D eigenvalue weighted by atomic mass is 32.1. The lowest BCUT2D eigenvalue weighted by molar-refractivity contribution is -0.155. The van der Waals surface area contributed by atoms with Crippen molar-refractivity contribution < 1.29 is 28.7 Å². The summed E-state index contributed by atoms with van der Waals surface area (Å²) in [6.45, 7) is 13.2. The zero-order valence-electron chi connectivity index (χ0n) is 34.5. The number of carbonyl (C=O) groups excluding carboxylic acids is 4. The van der Waals surface area contributed by atoms with E-state index in [4.69, 9.17) is 19.4 Å². The van der Waals surface area contributed by atoms with Crippen LogP contribution in [0.4, 0.5) is 4.79 Å². The summed E-state index contributed by atoms with van der Waals surface area (Å²) >= 11 is 1.42. The van der Waals surface area contributed by atoms with Crippen LogP contribution in [0.25, 0.3) is 33.4 Å². The highest BCUT2D eigenvalue weighted by molar-refractivity contribution is 7.10. The van der Waals surface area contributed by atoms with Gasteiger partial charge in [0.2, 0.25) is 5.91 Å². The molecule has 1 fully saturated rings. The van der Waals surface area contributed by atoms with Crippen molar-refractivity contribution in [3.8, 4) is 22.5 Å². The fourth-order valence-electron chi connectivity index (χ4n) is 8.05. The number of fused-ring (bicyclic) bond motifs is 6. The third kappa shape index (κ3) is 8.70. The lowest BCUT2D eigenvalue weighted by Crippen LogP contribution is -2.62. The van der Waals surface area contributed by atoms with Gasteiger partial charge in [-0.25, -0.2) is 15.2 Å². The Balaban J connectivity index is 1.48. The Morgan fingerprint density at radius 1 is 1.19 bits per heavy atom. The quantitative estimate of drug-likeness (QED) is 0.196. The van der Waals surface area contributed by atoms with E-state index in [1.54, 1.807) is 20.4 Å². The van der Waals surface area contributed by atoms with Crippen molar-refractivity contribution in [2.24, 2.45) is 11.3 Å². The number of nitrogens with zero attached hydrogens (tertiary/aromatic N) is 5. The van der Waals surface area contributed by atoms with Gasteiger partial charge in [0.25, 0.3) is 5.91 Å². The molecule has 4 atom stereocenters. The van der Waals surface area contributed by atoms with Crippen LogP contribution in [0.2, 0.25) is 0 Å². The third-order valence-electron chi connectivity index (χ3n) is 11.0. The van der Waals surface area contributed by atoms with E-state index in [1.807, 2.05) is 32.2 Å². The monoisotopic (exact) mass is 800 g/mol. The standard InChI is InChI=1S/C42H56N8O6S/c1-10-49-33-16-15-26-19-28(33)29(37(49)27-13-11-17-44-35(27)25(4)55-9)21-42(5,6)23-56-40(53)30-14-12-18-50(47-30)39(52)31(20-34-45-32(26)22-57-34)46-38(51)36(24(2)3)48(8)41(54)43-7/h11,13,15-17,19,22,24-25,30-31,36,47H,10,12,14,18,20-21,23H2,1-9H3,(H,43,54)(H,46,51)/t25-,30-,31-,36-/m0/s1. The van der Waals surface area contributed by atoms with Crippen LogP contribution in [0.5, 0.6) is 0 Å². The number of benzene rings is 1. The Bertz CT molecular complexity index is 2130. The van der Waals surface area contributed by atoms with Crippen LogP contribution < -0.4 is 16.1 Å². The molecule has 57 heavy (non-hydrogen) atoms. The fourth-order valence-corrected chi connectivity index (χ4v) is 8.90. The number of hydrogen-bond donors (Lipinski definition) is 3. The molecule has 1 aromatic carbocycles. The molecule has 14 nitrogen and oxygen atoms in total. The van der Waals surface area contributed by atoms with Crippen LogP contribution in [0.1, 0.15) is 76.8 Å². The van der Waals surface area contributed by atoms with Crippen LogP contribution in [-0.2, 0) is 43.2 Å². The van der Waals surface area contributed by atoms with Crippen molar-refractivity contribution >= 4 is 46.1 Å². The van der Waals surface area contributed by atoms with Crippen molar-refractivity contribution in [1.29, 1.82) is 0 Å². The van der Waals surface area contributed by atoms with Gasteiger partial charge in [-0.1, -0.05) is 33.8 Å². The molecule has 0 radical (unpaired) electrons. The normalized spacial score (nSPS) is 19.8. The maximum atomic E-state index is 14.3. The zero-order chi connectivity index (χ0) is 41.2. The van der Waals surface area contributed by atoms with Crippen molar-refractivity contribution in [2.45, 2.75) is 98.0 Å². The number of esters is 1. The van der Waals surface area contributed by atoms with E-state index in [0.29, 0.717) is 37.4 Å². The van der Waals surface area contributed by atoms with Gasteiger partial charge in [0.15, 0.2) is 0 Å². The average Bonchev–Trinajstić information content (AvgIpc) is 3.79. The van der Waals surface area contributed by atoms with E-state index >= 15 is 0 Å². The first kappa shape index (κ1) is 41.8. The van der Waals surface area contributed by atoms with Gasteiger partial charge in [-0.15, -0.1) is 11.3 Å². The molecule has 6 bridgehead atoms. The molecule has 2 aliphatic heterocycles. The number of hydrogen-bond acceptors (Lipinski definition) is 10. The summed E-state index contributed by atoms with van der Waals surface area (Å²) in [7, 11) is 4.75. The van der Waals surface area contributed by atoms with Crippen molar-refractivity contribution in [3.63, 3.8) is 0 Å². The van der Waals surface area contributed by atoms with Crippen LogP contribution in [0.15, 0.2) is 41.9 Å². The Labute approximate surface area is 338 Å². The van der Waals surface area contributed by atoms with E-state index < -0.39 is 47.4 Å². The molecule has 6 rings (SSSR count). The fraction of sp³-hybridized carbons (Fsp3) is 0.524. The molecule has 0 spiro atoms. The molecular formula is C42H56N8O6S. The minimum absolute atomic E-state index is 0.108. The number of rotatable bonds is 8. The molecule has 5 heterocycles. The number of aromatic nitrogens is 3. The number of urea groups is 1. The lowest BCUT2D eigenvalue weighted by atomic mass is 9.84. The molecule has 1 saturated heterocycles. The molecule has 0 unspecified atom stereocenters. The maximum Gasteiger partial charge on any atom is 0.324 e. The van der Waals surface area contributed by atoms with E-state index in [0.717, 1.165) is 44.7 Å². The topological polar surface area (TPSA) is 160 Å². The highest BCUT2D eigenvalue weighted by Gasteiger charge is 2.38. The third-order valence-corrected chi connectivity index (χ3v) is 11.9. The van der Waals surface area contributed by atoms with Crippen molar-refractivity contribution in [2.75, 3.05) is 34.4 Å². The van der Waals surface area contributed by atoms with Gasteiger partial charge < -0.3 is 29.6 Å². The number of cyclic esters (lactones) is 1. The Morgan fingerprint density at radius 3 is 2.67 bits per heavy atom. The average molecular weight is 801 g/mol. The van der Waals surface area contributed by atoms with Crippen molar-refractivity contribution in [3.05, 3.63) is 58.2 Å². The summed E-state index contributed by atoms with van der Waals surface area (Å²) in [5.41, 5.74) is 9.34. The molecule has 306 valence electrons. The SMILES string of the molecule is CCn1c(-c2cccnc2[C@H](C)OC)c2c3cc(ccc31)-c1csc(n1)C[C@H](NC(=O)[C@H](C(C)C)N(C)C(=O)NC)C(=O)N1CCC[C@H](N1)C(=O)OCC(C)(C)C2. The lowest BCUT2D eigenvalue weighted by Gasteiger charge is -2.36. The predicted octanol–water partition coefficient (Wildman–Crippen LogP) is 5.50. The largest absolute Gasteiger partial charge is 0.464 e. The molecule has 15 heteroatoms. The zero-order valence-corrected chi connectivity index (χ0v) is 35.3. The van der Waals surface area contributed by atoms with E-state index in [9.17, 15) is 19.2 Å². The first-order chi connectivity index (χ1) is 27.2. The van der Waals surface area contributed by atoms with Crippen LogP contribution in [0, 0.1) is 11.3 Å². The summed E-state index contributed by atoms with van der Waals surface area (Å²) in [6, 6.07) is 7.36. The number of nitrogens with one attached hydrogen (secondary N) is 3. The summed E-state index contributed by atoms with van der Waals surface area (Å²) in [4.78, 5) is 65.8. The van der Waals surface area contributed by atoms with Gasteiger partial charge in [0, 0.05) is 79.7 Å². The maximum absolute atomic E-state index is 14.3. The number of carbonyl (C=O) groups is 4. The van der Waals surface area contributed by atoms with Gasteiger partial charge in [0.05, 0.1) is 34.8 Å². The molecule has 4 amide bonds. The van der Waals surface area contributed by atoms with Crippen LogP contribution in [0.3, 0.4) is 0 Å². The molecular weight excluding hydrogens is 745 g/mol. The van der Waals surface area contributed by atoms with Crippen LogP contribution in [-0.4, -0.2) is 101 Å². The molecule has 0 saturated carbocycles. The van der Waals surface area contributed by atoms with Crippen molar-refractivity contribution in [1.82, 2.24) is 40.5 Å². The number of likely N-dealkylation sites (N-methyl/N-ethyl adjacent to an activating group) is 1. The first-order valence-corrected chi connectivity index (χ1v) is 20.6. The van der Waals surface area contributed by atoms with E-state index in [1.165, 1.54) is 28.3 Å². The van der Waals surface area contributed by atoms with Gasteiger partial charge in [0.1, 0.15) is 18.1 Å². The Morgan fingerprint density at radius 2 is 1.96 bits per heavy atom.